The van der Waals surface area contributed by atoms with Gasteiger partial charge in [-0.25, -0.2) is 0 Å². The third kappa shape index (κ3) is 2.88. The maximum absolute atomic E-state index is 12.3. The van der Waals surface area contributed by atoms with Gasteiger partial charge in [0, 0.05) is 30.5 Å². The van der Waals surface area contributed by atoms with Crippen molar-refractivity contribution in [3.8, 4) is 0 Å². The van der Waals surface area contributed by atoms with Crippen LogP contribution in [0, 0.1) is 0 Å². The van der Waals surface area contributed by atoms with E-state index in [0.717, 1.165) is 12.1 Å². The van der Waals surface area contributed by atoms with Crippen LogP contribution in [0.25, 0.3) is 0 Å². The Hall–Kier alpha value is -1.42. The molecule has 1 aliphatic rings. The predicted octanol–water partition coefficient (Wildman–Crippen LogP) is 1.63. The molecular formula is C14H20N2O2. The van der Waals surface area contributed by atoms with Crippen LogP contribution in [0.1, 0.15) is 42.7 Å². The van der Waals surface area contributed by atoms with E-state index in [9.17, 15) is 9.90 Å². The normalized spacial score (nSPS) is 18.7. The third-order valence-electron chi connectivity index (χ3n) is 3.55. The Labute approximate surface area is 108 Å². The second kappa shape index (κ2) is 5.06. The van der Waals surface area contributed by atoms with E-state index in [1.54, 1.807) is 12.3 Å². The number of carbonyl (C=O) groups is 1. The summed E-state index contributed by atoms with van der Waals surface area (Å²) in [4.78, 5) is 18.3. The summed E-state index contributed by atoms with van der Waals surface area (Å²) in [7, 11) is 0. The molecule has 0 atom stereocenters. The standard InChI is InChI=1S/C14H20N2O2/c1-3-12-10-11(4-7-15-12)13(17)16-8-5-14(2,18)6-9-16/h4,7,10,18H,3,5-6,8-9H2,1-2H3. The van der Waals surface area contributed by atoms with E-state index in [-0.39, 0.29) is 5.91 Å². The van der Waals surface area contributed by atoms with E-state index in [4.69, 9.17) is 0 Å². The molecule has 1 fully saturated rings. The first kappa shape index (κ1) is 13.0. The second-order valence-electron chi connectivity index (χ2n) is 5.18. The number of amides is 1. The molecule has 0 aromatic carbocycles. The van der Waals surface area contributed by atoms with Crippen LogP contribution in [-0.2, 0) is 6.42 Å². The average molecular weight is 248 g/mol. The topological polar surface area (TPSA) is 53.4 Å². The Balaban J connectivity index is 2.07. The van der Waals surface area contributed by atoms with Gasteiger partial charge in [0.2, 0.25) is 0 Å². The molecule has 0 unspecified atom stereocenters. The smallest absolute Gasteiger partial charge is 0.253 e. The number of hydrogen-bond acceptors (Lipinski definition) is 3. The highest BCUT2D eigenvalue weighted by Gasteiger charge is 2.29. The molecule has 1 aromatic heterocycles. The van der Waals surface area contributed by atoms with Gasteiger partial charge >= 0.3 is 0 Å². The van der Waals surface area contributed by atoms with Crippen molar-refractivity contribution in [3.05, 3.63) is 29.6 Å². The molecule has 2 rings (SSSR count). The van der Waals surface area contributed by atoms with Gasteiger partial charge in [0.15, 0.2) is 0 Å². The third-order valence-corrected chi connectivity index (χ3v) is 3.55. The number of hydrogen-bond donors (Lipinski definition) is 1. The lowest BCUT2D eigenvalue weighted by molar-refractivity contribution is -0.00203. The number of aryl methyl sites for hydroxylation is 1. The fraction of sp³-hybridized carbons (Fsp3) is 0.571. The van der Waals surface area contributed by atoms with Gasteiger partial charge in [0.25, 0.3) is 5.91 Å². The maximum atomic E-state index is 12.3. The summed E-state index contributed by atoms with van der Waals surface area (Å²) >= 11 is 0. The van der Waals surface area contributed by atoms with Crippen LogP contribution in [0.3, 0.4) is 0 Å². The van der Waals surface area contributed by atoms with Gasteiger partial charge in [0.05, 0.1) is 5.60 Å². The molecule has 0 spiro atoms. The molecule has 1 N–H and O–H groups in total. The molecule has 1 aliphatic heterocycles. The lowest BCUT2D eigenvalue weighted by Crippen LogP contribution is -2.45. The summed E-state index contributed by atoms with van der Waals surface area (Å²) in [5.41, 5.74) is 1.01. The summed E-state index contributed by atoms with van der Waals surface area (Å²) in [6, 6.07) is 3.61. The molecular weight excluding hydrogens is 228 g/mol. The number of aromatic nitrogens is 1. The van der Waals surface area contributed by atoms with Crippen molar-refractivity contribution in [2.45, 2.75) is 38.7 Å². The van der Waals surface area contributed by atoms with Gasteiger partial charge in [-0.2, -0.15) is 0 Å². The minimum Gasteiger partial charge on any atom is -0.390 e. The number of pyridine rings is 1. The number of aliphatic hydroxyl groups is 1. The Morgan fingerprint density at radius 1 is 1.50 bits per heavy atom. The van der Waals surface area contributed by atoms with Crippen LogP contribution in [0.15, 0.2) is 18.3 Å². The molecule has 18 heavy (non-hydrogen) atoms. The fourth-order valence-corrected chi connectivity index (χ4v) is 2.18. The van der Waals surface area contributed by atoms with Gasteiger partial charge < -0.3 is 10.0 Å². The Kier molecular flexibility index (Phi) is 3.66. The lowest BCUT2D eigenvalue weighted by Gasteiger charge is -2.35. The number of rotatable bonds is 2. The summed E-state index contributed by atoms with van der Waals surface area (Å²) in [5, 5.41) is 9.88. The van der Waals surface area contributed by atoms with Crippen molar-refractivity contribution >= 4 is 5.91 Å². The number of nitrogens with zero attached hydrogens (tertiary/aromatic N) is 2. The quantitative estimate of drug-likeness (QED) is 0.865. The molecule has 4 nitrogen and oxygen atoms in total. The first-order chi connectivity index (χ1) is 8.52. The Morgan fingerprint density at radius 3 is 2.78 bits per heavy atom. The lowest BCUT2D eigenvalue weighted by atomic mass is 9.93. The SMILES string of the molecule is CCc1cc(C(=O)N2CCC(C)(O)CC2)ccn1. The predicted molar refractivity (Wildman–Crippen MR) is 69.4 cm³/mol. The minimum absolute atomic E-state index is 0.0441. The van der Waals surface area contributed by atoms with Gasteiger partial charge in [0.1, 0.15) is 0 Å². The van der Waals surface area contributed by atoms with Crippen molar-refractivity contribution < 1.29 is 9.90 Å². The van der Waals surface area contributed by atoms with E-state index in [0.29, 0.717) is 31.5 Å². The van der Waals surface area contributed by atoms with Crippen LogP contribution in [0.5, 0.6) is 0 Å². The minimum atomic E-state index is -0.621. The highest BCUT2D eigenvalue weighted by atomic mass is 16.3. The van der Waals surface area contributed by atoms with Crippen molar-refractivity contribution in [2.75, 3.05) is 13.1 Å². The van der Waals surface area contributed by atoms with Crippen LogP contribution in [0.4, 0.5) is 0 Å². The molecule has 1 saturated heterocycles. The van der Waals surface area contributed by atoms with Gasteiger partial charge in [-0.05, 0) is 38.3 Å². The van der Waals surface area contributed by atoms with Crippen molar-refractivity contribution in [1.29, 1.82) is 0 Å². The summed E-state index contributed by atoms with van der Waals surface area (Å²) in [5.74, 6) is 0.0441. The monoisotopic (exact) mass is 248 g/mol. The van der Waals surface area contributed by atoms with Crippen LogP contribution in [0.2, 0.25) is 0 Å². The molecule has 4 heteroatoms. The zero-order valence-corrected chi connectivity index (χ0v) is 11.0. The highest BCUT2D eigenvalue weighted by Crippen LogP contribution is 2.22. The molecule has 0 bridgehead atoms. The summed E-state index contributed by atoms with van der Waals surface area (Å²) in [6.45, 7) is 5.09. The zero-order chi connectivity index (χ0) is 13.2. The molecule has 1 aromatic rings. The number of carbonyl (C=O) groups excluding carboxylic acids is 1. The van der Waals surface area contributed by atoms with E-state index in [1.807, 2.05) is 24.8 Å². The fourth-order valence-electron chi connectivity index (χ4n) is 2.18. The van der Waals surface area contributed by atoms with E-state index < -0.39 is 5.60 Å². The van der Waals surface area contributed by atoms with Gasteiger partial charge in [-0.15, -0.1) is 0 Å². The van der Waals surface area contributed by atoms with E-state index in [2.05, 4.69) is 4.98 Å². The van der Waals surface area contributed by atoms with E-state index >= 15 is 0 Å². The number of likely N-dealkylation sites (tertiary alicyclic amines) is 1. The molecule has 0 saturated carbocycles. The van der Waals surface area contributed by atoms with E-state index in [1.165, 1.54) is 0 Å². The van der Waals surface area contributed by atoms with Crippen molar-refractivity contribution in [1.82, 2.24) is 9.88 Å². The highest BCUT2D eigenvalue weighted by molar-refractivity contribution is 5.94. The molecule has 0 aliphatic carbocycles. The molecule has 2 heterocycles. The van der Waals surface area contributed by atoms with Crippen LogP contribution < -0.4 is 0 Å². The van der Waals surface area contributed by atoms with Gasteiger partial charge in [-0.1, -0.05) is 6.92 Å². The van der Waals surface area contributed by atoms with Gasteiger partial charge in [-0.3, -0.25) is 9.78 Å². The molecule has 0 radical (unpaired) electrons. The molecule has 98 valence electrons. The van der Waals surface area contributed by atoms with Crippen molar-refractivity contribution in [3.63, 3.8) is 0 Å². The van der Waals surface area contributed by atoms with Crippen molar-refractivity contribution in [2.24, 2.45) is 0 Å². The Bertz CT molecular complexity index is 433. The largest absolute Gasteiger partial charge is 0.390 e. The second-order valence-corrected chi connectivity index (χ2v) is 5.18. The number of piperidine rings is 1. The van der Waals surface area contributed by atoms with Crippen LogP contribution in [-0.4, -0.2) is 39.6 Å². The molecule has 1 amide bonds. The summed E-state index contributed by atoms with van der Waals surface area (Å²) in [6.07, 6.45) is 3.80. The zero-order valence-electron chi connectivity index (χ0n) is 11.0. The Morgan fingerprint density at radius 2 is 2.17 bits per heavy atom. The maximum Gasteiger partial charge on any atom is 0.253 e. The average Bonchev–Trinajstić information content (AvgIpc) is 2.38. The summed E-state index contributed by atoms with van der Waals surface area (Å²) < 4.78 is 0. The first-order valence-corrected chi connectivity index (χ1v) is 6.48. The first-order valence-electron chi connectivity index (χ1n) is 6.48. The van der Waals surface area contributed by atoms with Crippen LogP contribution >= 0.6 is 0 Å².